The van der Waals surface area contributed by atoms with E-state index >= 15 is 0 Å². The fraction of sp³-hybridized carbons (Fsp3) is 0.250. The second-order valence-corrected chi connectivity index (χ2v) is 5.67. The van der Waals surface area contributed by atoms with E-state index in [2.05, 4.69) is 4.98 Å². The normalized spacial score (nSPS) is 10.6. The highest BCUT2D eigenvalue weighted by Crippen LogP contribution is 2.15. The topological polar surface area (TPSA) is 83.0 Å². The minimum Gasteiger partial charge on any atom is -0.461 e. The van der Waals surface area contributed by atoms with Gasteiger partial charge in [0, 0.05) is 12.1 Å². The average molecular weight is 336 g/mol. The summed E-state index contributed by atoms with van der Waals surface area (Å²) in [6.07, 6.45) is 4.29. The van der Waals surface area contributed by atoms with Gasteiger partial charge in [-0.2, -0.15) is 5.26 Å². The van der Waals surface area contributed by atoms with Gasteiger partial charge in [-0.25, -0.2) is 0 Å². The molecule has 0 aliphatic heterocycles. The fourth-order valence-electron chi connectivity index (χ4n) is 2.61. The maximum atomic E-state index is 11.9. The number of pyridine rings is 1. The first kappa shape index (κ1) is 18.2. The molecule has 0 spiro atoms. The number of nitrogens with one attached hydrogen (secondary N) is 1. The molecular weight excluding hydrogens is 316 g/mol. The minimum atomic E-state index is -0.394. The van der Waals surface area contributed by atoms with Crippen molar-refractivity contribution in [1.82, 2.24) is 4.98 Å². The SMILES string of the molecule is Cc1[nH]c(=O)c(C#N)c(C)c1CCC(=O)OCC=Cc1ccccc1. The van der Waals surface area contributed by atoms with Gasteiger partial charge in [0.05, 0.1) is 0 Å². The number of nitriles is 1. The van der Waals surface area contributed by atoms with Crippen molar-refractivity contribution in [2.75, 3.05) is 6.61 Å². The molecule has 0 saturated carbocycles. The number of rotatable bonds is 6. The zero-order valence-electron chi connectivity index (χ0n) is 14.3. The maximum Gasteiger partial charge on any atom is 0.306 e. The largest absolute Gasteiger partial charge is 0.461 e. The molecule has 0 fully saturated rings. The lowest BCUT2D eigenvalue weighted by atomic mass is 9.99. The van der Waals surface area contributed by atoms with Crippen LogP contribution in [0, 0.1) is 25.2 Å². The summed E-state index contributed by atoms with van der Waals surface area (Å²) in [5.74, 6) is -0.318. The Morgan fingerprint density at radius 1 is 1.28 bits per heavy atom. The van der Waals surface area contributed by atoms with E-state index in [0.717, 1.165) is 11.1 Å². The summed E-state index contributed by atoms with van der Waals surface area (Å²) in [5, 5.41) is 9.06. The van der Waals surface area contributed by atoms with Gasteiger partial charge in [0.2, 0.25) is 0 Å². The molecule has 0 radical (unpaired) electrons. The Kier molecular flexibility index (Phi) is 6.30. The molecule has 1 aromatic carbocycles. The molecule has 1 aromatic heterocycles. The lowest BCUT2D eigenvalue weighted by Crippen LogP contribution is -2.17. The van der Waals surface area contributed by atoms with Gasteiger partial charge in [0.25, 0.3) is 5.56 Å². The van der Waals surface area contributed by atoms with Crippen LogP contribution in [0.1, 0.15) is 34.4 Å². The zero-order chi connectivity index (χ0) is 18.2. The molecule has 0 amide bonds. The van der Waals surface area contributed by atoms with E-state index in [9.17, 15) is 9.59 Å². The van der Waals surface area contributed by atoms with Crippen LogP contribution >= 0.6 is 0 Å². The van der Waals surface area contributed by atoms with Crippen molar-refractivity contribution < 1.29 is 9.53 Å². The van der Waals surface area contributed by atoms with Crippen LogP contribution in [0.5, 0.6) is 0 Å². The first-order chi connectivity index (χ1) is 12.0. The summed E-state index contributed by atoms with van der Waals surface area (Å²) in [6, 6.07) is 11.7. The Morgan fingerprint density at radius 2 is 2.00 bits per heavy atom. The predicted molar refractivity (Wildman–Crippen MR) is 96.0 cm³/mol. The molecule has 128 valence electrons. The molecule has 0 aliphatic carbocycles. The summed E-state index contributed by atoms with van der Waals surface area (Å²) >= 11 is 0. The molecule has 5 heteroatoms. The molecule has 25 heavy (non-hydrogen) atoms. The monoisotopic (exact) mass is 336 g/mol. The molecule has 0 atom stereocenters. The van der Waals surface area contributed by atoms with Crippen molar-refractivity contribution in [3.8, 4) is 6.07 Å². The van der Waals surface area contributed by atoms with Crippen LogP contribution < -0.4 is 5.56 Å². The average Bonchev–Trinajstić information content (AvgIpc) is 2.59. The van der Waals surface area contributed by atoms with E-state index in [4.69, 9.17) is 10.00 Å². The zero-order valence-corrected chi connectivity index (χ0v) is 14.3. The number of nitrogens with zero attached hydrogens (tertiary/aromatic N) is 1. The molecule has 0 unspecified atom stereocenters. The Bertz CT molecular complexity index is 874. The number of aromatic amines is 1. The van der Waals surface area contributed by atoms with Crippen LogP contribution in [0.4, 0.5) is 0 Å². The summed E-state index contributed by atoms with van der Waals surface area (Å²) in [7, 11) is 0. The van der Waals surface area contributed by atoms with Crippen molar-refractivity contribution in [1.29, 1.82) is 5.26 Å². The van der Waals surface area contributed by atoms with Crippen LogP contribution in [0.2, 0.25) is 0 Å². The number of hydrogen-bond donors (Lipinski definition) is 1. The molecular formula is C20H20N2O3. The van der Waals surface area contributed by atoms with Crippen LogP contribution in [-0.2, 0) is 16.0 Å². The maximum absolute atomic E-state index is 11.9. The Hall–Kier alpha value is -3.13. The summed E-state index contributed by atoms with van der Waals surface area (Å²) in [6.45, 7) is 3.70. The molecule has 1 heterocycles. The first-order valence-electron chi connectivity index (χ1n) is 8.02. The highest BCUT2D eigenvalue weighted by Gasteiger charge is 2.13. The number of aromatic nitrogens is 1. The first-order valence-corrected chi connectivity index (χ1v) is 8.02. The molecule has 0 saturated heterocycles. The van der Waals surface area contributed by atoms with Gasteiger partial charge in [-0.1, -0.05) is 36.4 Å². The number of ether oxygens (including phenoxy) is 1. The Morgan fingerprint density at radius 3 is 2.68 bits per heavy atom. The van der Waals surface area contributed by atoms with Crippen molar-refractivity contribution >= 4 is 12.0 Å². The third-order valence-electron chi connectivity index (χ3n) is 3.95. The van der Waals surface area contributed by atoms with Crippen LogP contribution in [0.15, 0.2) is 41.2 Å². The van der Waals surface area contributed by atoms with E-state index in [1.165, 1.54) is 0 Å². The Labute approximate surface area is 146 Å². The van der Waals surface area contributed by atoms with Crippen molar-refractivity contribution in [2.24, 2.45) is 0 Å². The van der Waals surface area contributed by atoms with Crippen LogP contribution in [-0.4, -0.2) is 17.6 Å². The number of hydrogen-bond acceptors (Lipinski definition) is 4. The molecule has 2 aromatic rings. The Balaban J connectivity index is 1.89. The highest BCUT2D eigenvalue weighted by molar-refractivity contribution is 5.70. The van der Waals surface area contributed by atoms with E-state index < -0.39 is 5.56 Å². The molecule has 5 nitrogen and oxygen atoms in total. The van der Waals surface area contributed by atoms with E-state index in [1.807, 2.05) is 42.5 Å². The molecule has 0 bridgehead atoms. The number of benzene rings is 1. The highest BCUT2D eigenvalue weighted by atomic mass is 16.5. The molecule has 1 N–H and O–H groups in total. The lowest BCUT2D eigenvalue weighted by Gasteiger charge is -2.10. The number of esters is 1. The van der Waals surface area contributed by atoms with E-state index in [1.54, 1.807) is 19.9 Å². The van der Waals surface area contributed by atoms with Gasteiger partial charge < -0.3 is 9.72 Å². The van der Waals surface area contributed by atoms with Crippen LogP contribution in [0.25, 0.3) is 6.08 Å². The minimum absolute atomic E-state index is 0.0970. The standard InChI is InChI=1S/C20H20N2O3/c1-14-17(15(2)22-20(24)18(14)13-21)10-11-19(23)25-12-6-9-16-7-4-3-5-8-16/h3-9H,10-12H2,1-2H3,(H,22,24). The van der Waals surface area contributed by atoms with Crippen molar-refractivity contribution in [3.63, 3.8) is 0 Å². The number of carbonyl (C=O) groups is 1. The second-order valence-electron chi connectivity index (χ2n) is 5.67. The van der Waals surface area contributed by atoms with E-state index in [-0.39, 0.29) is 24.6 Å². The number of H-pyrrole nitrogens is 1. The quantitative estimate of drug-likeness (QED) is 0.822. The smallest absolute Gasteiger partial charge is 0.306 e. The second kappa shape index (κ2) is 8.65. The third kappa shape index (κ3) is 4.92. The fourth-order valence-corrected chi connectivity index (χ4v) is 2.61. The van der Waals surface area contributed by atoms with Gasteiger partial charge in [-0.3, -0.25) is 9.59 Å². The summed E-state index contributed by atoms with van der Waals surface area (Å²) < 4.78 is 5.18. The molecule has 0 aliphatic rings. The van der Waals surface area contributed by atoms with Gasteiger partial charge in [-0.05, 0) is 43.0 Å². The number of aryl methyl sites for hydroxylation is 1. The van der Waals surface area contributed by atoms with Crippen molar-refractivity contribution in [3.05, 3.63) is 74.7 Å². The third-order valence-corrected chi connectivity index (χ3v) is 3.95. The van der Waals surface area contributed by atoms with Gasteiger partial charge in [-0.15, -0.1) is 0 Å². The van der Waals surface area contributed by atoms with Gasteiger partial charge in [0.15, 0.2) is 0 Å². The number of carbonyl (C=O) groups excluding carboxylic acids is 1. The van der Waals surface area contributed by atoms with E-state index in [0.29, 0.717) is 17.7 Å². The lowest BCUT2D eigenvalue weighted by molar-refractivity contribution is -0.142. The van der Waals surface area contributed by atoms with Crippen molar-refractivity contribution in [2.45, 2.75) is 26.7 Å². The van der Waals surface area contributed by atoms with Gasteiger partial charge >= 0.3 is 5.97 Å². The van der Waals surface area contributed by atoms with Gasteiger partial charge in [0.1, 0.15) is 18.2 Å². The molecule has 2 rings (SSSR count). The summed E-state index contributed by atoms with van der Waals surface area (Å²) in [4.78, 5) is 26.2. The van der Waals surface area contributed by atoms with Crippen LogP contribution in [0.3, 0.4) is 0 Å². The predicted octanol–water partition coefficient (Wildman–Crippen LogP) is 3.05. The summed E-state index contributed by atoms with van der Waals surface area (Å²) in [5.41, 5.74) is 2.86.